The summed E-state index contributed by atoms with van der Waals surface area (Å²) in [6.45, 7) is 3.62. The third kappa shape index (κ3) is 4.38. The van der Waals surface area contributed by atoms with Crippen LogP contribution in [0.2, 0.25) is 0 Å². The molecule has 0 radical (unpaired) electrons. The molecule has 11 heteroatoms. The second-order valence-electron chi connectivity index (χ2n) is 5.22. The summed E-state index contributed by atoms with van der Waals surface area (Å²) in [4.78, 5) is 26.8. The molecule has 1 amide bonds. The third-order valence-electron chi connectivity index (χ3n) is 3.33. The standard InChI is InChI=1S/C14H16N4O5S2/c1-4-7-17-11-6-5-10(18(20)21)8-12(11)24-14(17)15-13(19)9-16(2)25(3,22)23/h4-6,8H,1,7,9H2,2-3H3. The zero-order valence-electron chi connectivity index (χ0n) is 13.6. The SMILES string of the molecule is C=CCn1c(=NC(=O)CN(C)S(C)(=O)=O)sc2cc([N+](=O)[O-])ccc21. The van der Waals surface area contributed by atoms with E-state index in [9.17, 15) is 23.3 Å². The molecule has 0 saturated heterocycles. The molecular weight excluding hydrogens is 368 g/mol. The average molecular weight is 384 g/mol. The van der Waals surface area contributed by atoms with Crippen LogP contribution in [-0.2, 0) is 21.4 Å². The number of carbonyl (C=O) groups excluding carboxylic acids is 1. The number of allylic oxidation sites excluding steroid dienone is 1. The maximum absolute atomic E-state index is 12.1. The lowest BCUT2D eigenvalue weighted by Crippen LogP contribution is -2.31. The number of amides is 1. The predicted molar refractivity (Wildman–Crippen MR) is 94.7 cm³/mol. The zero-order valence-corrected chi connectivity index (χ0v) is 15.2. The van der Waals surface area contributed by atoms with E-state index >= 15 is 0 Å². The highest BCUT2D eigenvalue weighted by Crippen LogP contribution is 2.23. The number of sulfonamides is 1. The lowest BCUT2D eigenvalue weighted by Gasteiger charge is -2.10. The molecule has 1 aromatic heterocycles. The quantitative estimate of drug-likeness (QED) is 0.420. The van der Waals surface area contributed by atoms with E-state index in [1.165, 1.54) is 19.2 Å². The number of nitro benzene ring substituents is 1. The van der Waals surface area contributed by atoms with Crippen LogP contribution < -0.4 is 4.80 Å². The summed E-state index contributed by atoms with van der Waals surface area (Å²) in [6, 6.07) is 4.36. The maximum atomic E-state index is 12.1. The monoisotopic (exact) mass is 384 g/mol. The van der Waals surface area contributed by atoms with Crippen LogP contribution in [0.5, 0.6) is 0 Å². The second-order valence-corrected chi connectivity index (χ2v) is 8.32. The first-order valence-corrected chi connectivity index (χ1v) is 9.67. The molecule has 0 saturated carbocycles. The number of aromatic nitrogens is 1. The molecular formula is C14H16N4O5S2. The maximum Gasteiger partial charge on any atom is 0.270 e. The number of nitro groups is 1. The first-order chi connectivity index (χ1) is 11.6. The Morgan fingerprint density at radius 1 is 1.52 bits per heavy atom. The number of nitrogens with zero attached hydrogens (tertiary/aromatic N) is 4. The number of benzene rings is 1. The van der Waals surface area contributed by atoms with Crippen LogP contribution in [0.3, 0.4) is 0 Å². The molecule has 0 aliphatic heterocycles. The minimum absolute atomic E-state index is 0.0609. The highest BCUT2D eigenvalue weighted by molar-refractivity contribution is 7.88. The van der Waals surface area contributed by atoms with Crippen molar-refractivity contribution in [3.8, 4) is 0 Å². The molecule has 0 aliphatic carbocycles. The van der Waals surface area contributed by atoms with Gasteiger partial charge in [0.05, 0.1) is 27.9 Å². The van der Waals surface area contributed by atoms with Crippen LogP contribution in [-0.4, -0.2) is 48.0 Å². The van der Waals surface area contributed by atoms with Gasteiger partial charge in [0.2, 0.25) is 10.0 Å². The number of hydrogen-bond acceptors (Lipinski definition) is 6. The van der Waals surface area contributed by atoms with Gasteiger partial charge in [-0.3, -0.25) is 14.9 Å². The van der Waals surface area contributed by atoms with Gasteiger partial charge in [-0.15, -0.1) is 6.58 Å². The molecule has 1 heterocycles. The highest BCUT2D eigenvalue weighted by Gasteiger charge is 2.16. The summed E-state index contributed by atoms with van der Waals surface area (Å²) < 4.78 is 25.9. The van der Waals surface area contributed by atoms with Gasteiger partial charge in [-0.1, -0.05) is 17.4 Å². The summed E-state index contributed by atoms with van der Waals surface area (Å²) in [5.41, 5.74) is 0.618. The normalized spacial score (nSPS) is 12.7. The molecule has 0 atom stereocenters. The lowest BCUT2D eigenvalue weighted by molar-refractivity contribution is -0.384. The van der Waals surface area contributed by atoms with Crippen molar-refractivity contribution in [2.24, 2.45) is 4.99 Å². The molecule has 25 heavy (non-hydrogen) atoms. The van der Waals surface area contributed by atoms with E-state index in [4.69, 9.17) is 0 Å². The first-order valence-electron chi connectivity index (χ1n) is 7.01. The van der Waals surface area contributed by atoms with Crippen molar-refractivity contribution in [3.05, 3.63) is 45.8 Å². The van der Waals surface area contributed by atoms with Crippen molar-refractivity contribution in [2.45, 2.75) is 6.54 Å². The Hall–Kier alpha value is -2.37. The van der Waals surface area contributed by atoms with E-state index in [1.54, 1.807) is 16.7 Å². The van der Waals surface area contributed by atoms with Gasteiger partial charge in [-0.25, -0.2) is 8.42 Å². The van der Waals surface area contributed by atoms with Crippen LogP contribution in [0.4, 0.5) is 5.69 Å². The number of fused-ring (bicyclic) bond motifs is 1. The number of rotatable bonds is 6. The van der Waals surface area contributed by atoms with Crippen molar-refractivity contribution in [1.29, 1.82) is 0 Å². The van der Waals surface area contributed by atoms with Gasteiger partial charge in [0.1, 0.15) is 0 Å². The zero-order chi connectivity index (χ0) is 18.8. The van der Waals surface area contributed by atoms with E-state index in [1.807, 2.05) is 0 Å². The van der Waals surface area contributed by atoms with Gasteiger partial charge in [0.15, 0.2) is 4.80 Å². The van der Waals surface area contributed by atoms with Gasteiger partial charge < -0.3 is 4.57 Å². The third-order valence-corrected chi connectivity index (χ3v) is 5.64. The van der Waals surface area contributed by atoms with E-state index in [2.05, 4.69) is 11.6 Å². The van der Waals surface area contributed by atoms with Gasteiger partial charge >= 0.3 is 0 Å². The Bertz CT molecular complexity index is 1020. The van der Waals surface area contributed by atoms with E-state index in [-0.39, 0.29) is 12.2 Å². The molecule has 2 aromatic rings. The average Bonchev–Trinajstić information content (AvgIpc) is 2.83. The Morgan fingerprint density at radius 3 is 2.76 bits per heavy atom. The minimum Gasteiger partial charge on any atom is -0.312 e. The Kier molecular flexibility index (Phi) is 5.50. The highest BCUT2D eigenvalue weighted by atomic mass is 32.2. The van der Waals surface area contributed by atoms with Gasteiger partial charge in [-0.2, -0.15) is 9.30 Å². The number of non-ortho nitro benzene ring substituents is 1. The molecule has 9 nitrogen and oxygen atoms in total. The summed E-state index contributed by atoms with van der Waals surface area (Å²) in [7, 11) is -2.21. The second kappa shape index (κ2) is 7.25. The minimum atomic E-state index is -3.49. The number of likely N-dealkylation sites (N-methyl/N-ethyl adjacent to an activating group) is 1. The fraction of sp³-hybridized carbons (Fsp3) is 0.286. The van der Waals surface area contributed by atoms with Crippen molar-refractivity contribution in [2.75, 3.05) is 19.8 Å². The lowest BCUT2D eigenvalue weighted by atomic mass is 10.3. The Balaban J connectivity index is 2.51. The summed E-state index contributed by atoms with van der Waals surface area (Å²) >= 11 is 1.11. The van der Waals surface area contributed by atoms with Crippen LogP contribution in [0.25, 0.3) is 10.2 Å². The molecule has 2 rings (SSSR count). The van der Waals surface area contributed by atoms with Crippen molar-refractivity contribution >= 4 is 43.2 Å². The van der Waals surface area contributed by atoms with Crippen LogP contribution >= 0.6 is 11.3 Å². The van der Waals surface area contributed by atoms with Crippen molar-refractivity contribution in [3.63, 3.8) is 0 Å². The molecule has 0 N–H and O–H groups in total. The predicted octanol–water partition coefficient (Wildman–Crippen LogP) is 1.12. The van der Waals surface area contributed by atoms with E-state index < -0.39 is 20.9 Å². The Labute approximate surface area is 147 Å². The summed E-state index contributed by atoms with van der Waals surface area (Å²) in [5.74, 6) is -0.633. The topological polar surface area (TPSA) is 115 Å². The van der Waals surface area contributed by atoms with Crippen molar-refractivity contribution in [1.82, 2.24) is 8.87 Å². The molecule has 1 aromatic carbocycles. The Morgan fingerprint density at radius 2 is 2.20 bits per heavy atom. The number of hydrogen-bond donors (Lipinski definition) is 0. The largest absolute Gasteiger partial charge is 0.312 e. The van der Waals surface area contributed by atoms with Crippen LogP contribution in [0.1, 0.15) is 0 Å². The molecule has 0 spiro atoms. The van der Waals surface area contributed by atoms with E-state index in [0.29, 0.717) is 21.6 Å². The van der Waals surface area contributed by atoms with E-state index in [0.717, 1.165) is 21.9 Å². The molecule has 0 bridgehead atoms. The van der Waals surface area contributed by atoms with Crippen molar-refractivity contribution < 1.29 is 18.1 Å². The summed E-state index contributed by atoms with van der Waals surface area (Å²) in [5, 5.41) is 10.9. The first kappa shape index (κ1) is 19.0. The van der Waals surface area contributed by atoms with Crippen LogP contribution in [0.15, 0.2) is 35.8 Å². The van der Waals surface area contributed by atoms with Crippen LogP contribution in [0, 0.1) is 10.1 Å². The number of thiazole rings is 1. The van der Waals surface area contributed by atoms with Gasteiger partial charge in [0, 0.05) is 25.7 Å². The summed E-state index contributed by atoms with van der Waals surface area (Å²) in [6.07, 6.45) is 2.61. The fourth-order valence-corrected chi connectivity index (χ4v) is 3.45. The molecule has 134 valence electrons. The molecule has 0 fully saturated rings. The van der Waals surface area contributed by atoms with Gasteiger partial charge in [-0.05, 0) is 6.07 Å². The fourth-order valence-electron chi connectivity index (χ4n) is 2.02. The van der Waals surface area contributed by atoms with Gasteiger partial charge in [0.25, 0.3) is 11.6 Å². The number of carbonyl (C=O) groups is 1. The molecule has 0 unspecified atom stereocenters. The molecule has 0 aliphatic rings. The smallest absolute Gasteiger partial charge is 0.270 e.